The second kappa shape index (κ2) is 6.23. The summed E-state index contributed by atoms with van der Waals surface area (Å²) in [7, 11) is 0. The van der Waals surface area contributed by atoms with E-state index >= 15 is 0 Å². The Bertz CT molecular complexity index is 728. The van der Waals surface area contributed by atoms with Gasteiger partial charge in [-0.1, -0.05) is 6.07 Å². The minimum Gasteiger partial charge on any atom is -0.347 e. The highest BCUT2D eigenvalue weighted by molar-refractivity contribution is 7.13. The van der Waals surface area contributed by atoms with Gasteiger partial charge in [0.25, 0.3) is 5.91 Å². The minimum atomic E-state index is -0.190. The highest BCUT2D eigenvalue weighted by atomic mass is 32.1. The molecule has 0 unspecified atom stereocenters. The van der Waals surface area contributed by atoms with Gasteiger partial charge in [-0.3, -0.25) is 14.8 Å². The summed E-state index contributed by atoms with van der Waals surface area (Å²) in [5.74, 6) is -0.190. The molecule has 0 aromatic carbocycles. The van der Waals surface area contributed by atoms with Crippen molar-refractivity contribution in [3.8, 4) is 10.7 Å². The fourth-order valence-electron chi connectivity index (χ4n) is 1.76. The highest BCUT2D eigenvalue weighted by Crippen LogP contribution is 2.21. The molecule has 5 nitrogen and oxygen atoms in total. The molecular formula is C15H12N4OS. The SMILES string of the molecule is O=C(NCc1ccncc1)c1csc(-c2ccccn2)n1. The van der Waals surface area contributed by atoms with Crippen LogP contribution in [0.15, 0.2) is 54.3 Å². The summed E-state index contributed by atoms with van der Waals surface area (Å²) in [5.41, 5.74) is 2.18. The van der Waals surface area contributed by atoms with Crippen LogP contribution in [0.3, 0.4) is 0 Å². The van der Waals surface area contributed by atoms with Crippen molar-refractivity contribution in [3.63, 3.8) is 0 Å². The first-order valence-electron chi connectivity index (χ1n) is 6.37. The van der Waals surface area contributed by atoms with Gasteiger partial charge in [0.2, 0.25) is 0 Å². The lowest BCUT2D eigenvalue weighted by Crippen LogP contribution is -2.23. The van der Waals surface area contributed by atoms with Crippen LogP contribution in [0.25, 0.3) is 10.7 Å². The molecule has 0 radical (unpaired) electrons. The van der Waals surface area contributed by atoms with E-state index in [0.717, 1.165) is 16.3 Å². The lowest BCUT2D eigenvalue weighted by atomic mass is 10.2. The zero-order valence-corrected chi connectivity index (χ0v) is 11.9. The number of nitrogens with zero attached hydrogens (tertiary/aromatic N) is 3. The van der Waals surface area contributed by atoms with E-state index in [-0.39, 0.29) is 5.91 Å². The van der Waals surface area contributed by atoms with Gasteiger partial charge in [-0.15, -0.1) is 11.3 Å². The number of thiazole rings is 1. The molecule has 21 heavy (non-hydrogen) atoms. The standard InChI is InChI=1S/C15H12N4OS/c20-14(18-9-11-4-7-16-8-5-11)13-10-21-15(19-13)12-3-1-2-6-17-12/h1-8,10H,9H2,(H,18,20). The van der Waals surface area contributed by atoms with Crippen LogP contribution in [0.5, 0.6) is 0 Å². The Morgan fingerprint density at radius 1 is 1.14 bits per heavy atom. The van der Waals surface area contributed by atoms with Crippen LogP contribution in [0.2, 0.25) is 0 Å². The van der Waals surface area contributed by atoms with Crippen molar-refractivity contribution < 1.29 is 4.79 Å². The number of amides is 1. The highest BCUT2D eigenvalue weighted by Gasteiger charge is 2.11. The van der Waals surface area contributed by atoms with Crippen molar-refractivity contribution in [2.75, 3.05) is 0 Å². The van der Waals surface area contributed by atoms with Gasteiger partial charge >= 0.3 is 0 Å². The van der Waals surface area contributed by atoms with Crippen molar-refractivity contribution >= 4 is 17.2 Å². The topological polar surface area (TPSA) is 67.8 Å². The number of carbonyl (C=O) groups is 1. The summed E-state index contributed by atoms with van der Waals surface area (Å²) in [6.07, 6.45) is 5.10. The van der Waals surface area contributed by atoms with Crippen LogP contribution in [0.4, 0.5) is 0 Å². The van der Waals surface area contributed by atoms with E-state index in [1.165, 1.54) is 11.3 Å². The number of aromatic nitrogens is 3. The van der Waals surface area contributed by atoms with Gasteiger partial charge in [0, 0.05) is 30.5 Å². The van der Waals surface area contributed by atoms with E-state index in [1.807, 2.05) is 30.3 Å². The summed E-state index contributed by atoms with van der Waals surface area (Å²) < 4.78 is 0. The molecule has 1 N–H and O–H groups in total. The first kappa shape index (κ1) is 13.4. The summed E-state index contributed by atoms with van der Waals surface area (Å²) in [6.45, 7) is 0.456. The molecule has 104 valence electrons. The van der Waals surface area contributed by atoms with Gasteiger partial charge in [-0.2, -0.15) is 0 Å². The first-order valence-corrected chi connectivity index (χ1v) is 7.25. The van der Waals surface area contributed by atoms with E-state index in [1.54, 1.807) is 24.0 Å². The second-order valence-corrected chi connectivity index (χ2v) is 5.15. The number of pyridine rings is 2. The maximum absolute atomic E-state index is 12.1. The quantitative estimate of drug-likeness (QED) is 0.803. The summed E-state index contributed by atoms with van der Waals surface area (Å²) in [4.78, 5) is 24.5. The molecule has 0 saturated carbocycles. The Morgan fingerprint density at radius 2 is 2.00 bits per heavy atom. The van der Waals surface area contributed by atoms with Crippen LogP contribution < -0.4 is 5.32 Å². The molecule has 1 amide bonds. The van der Waals surface area contributed by atoms with E-state index in [4.69, 9.17) is 0 Å². The molecule has 3 rings (SSSR count). The fourth-order valence-corrected chi connectivity index (χ4v) is 2.53. The first-order chi connectivity index (χ1) is 10.3. The lowest BCUT2D eigenvalue weighted by molar-refractivity contribution is 0.0946. The molecule has 3 aromatic rings. The zero-order valence-electron chi connectivity index (χ0n) is 11.1. The molecule has 0 atom stereocenters. The molecule has 0 aliphatic carbocycles. The lowest BCUT2D eigenvalue weighted by Gasteiger charge is -2.02. The van der Waals surface area contributed by atoms with Crippen LogP contribution in [0.1, 0.15) is 16.1 Å². The number of carbonyl (C=O) groups excluding carboxylic acids is 1. The van der Waals surface area contributed by atoms with Crippen molar-refractivity contribution in [2.45, 2.75) is 6.54 Å². The maximum atomic E-state index is 12.1. The van der Waals surface area contributed by atoms with Crippen molar-refractivity contribution in [1.29, 1.82) is 0 Å². The largest absolute Gasteiger partial charge is 0.347 e. The van der Waals surface area contributed by atoms with Crippen LogP contribution in [-0.4, -0.2) is 20.9 Å². The van der Waals surface area contributed by atoms with Crippen molar-refractivity contribution in [1.82, 2.24) is 20.3 Å². The maximum Gasteiger partial charge on any atom is 0.271 e. The van der Waals surface area contributed by atoms with Gasteiger partial charge in [0.1, 0.15) is 10.7 Å². The minimum absolute atomic E-state index is 0.190. The predicted octanol–water partition coefficient (Wildman–Crippen LogP) is 2.53. The molecule has 0 saturated heterocycles. The van der Waals surface area contributed by atoms with Gasteiger partial charge in [-0.05, 0) is 29.8 Å². The summed E-state index contributed by atoms with van der Waals surface area (Å²) in [6, 6.07) is 9.34. The summed E-state index contributed by atoms with van der Waals surface area (Å²) >= 11 is 1.41. The molecule has 0 spiro atoms. The Labute approximate surface area is 125 Å². The Morgan fingerprint density at radius 3 is 2.76 bits per heavy atom. The second-order valence-electron chi connectivity index (χ2n) is 4.29. The number of hydrogen-bond acceptors (Lipinski definition) is 5. The smallest absolute Gasteiger partial charge is 0.271 e. The summed E-state index contributed by atoms with van der Waals surface area (Å²) in [5, 5.41) is 5.32. The molecule has 3 aromatic heterocycles. The van der Waals surface area contributed by atoms with Gasteiger partial charge in [-0.25, -0.2) is 4.98 Å². The number of rotatable bonds is 4. The number of nitrogens with one attached hydrogen (secondary N) is 1. The molecule has 0 bridgehead atoms. The average Bonchev–Trinajstić information content (AvgIpc) is 3.04. The van der Waals surface area contributed by atoms with E-state index in [9.17, 15) is 4.79 Å². The Hall–Kier alpha value is -2.60. The number of hydrogen-bond donors (Lipinski definition) is 1. The van der Waals surface area contributed by atoms with Crippen molar-refractivity contribution in [3.05, 3.63) is 65.6 Å². The molecule has 0 aliphatic heterocycles. The average molecular weight is 296 g/mol. The monoisotopic (exact) mass is 296 g/mol. The third-order valence-electron chi connectivity index (χ3n) is 2.82. The third-order valence-corrected chi connectivity index (χ3v) is 3.69. The third kappa shape index (κ3) is 3.29. The molecule has 3 heterocycles. The van der Waals surface area contributed by atoms with E-state index in [2.05, 4.69) is 20.3 Å². The van der Waals surface area contributed by atoms with Gasteiger partial charge in [0.15, 0.2) is 0 Å². The van der Waals surface area contributed by atoms with Gasteiger partial charge in [0.05, 0.1) is 5.69 Å². The van der Waals surface area contributed by atoms with Crippen LogP contribution >= 0.6 is 11.3 Å². The Kier molecular flexibility index (Phi) is 3.97. The van der Waals surface area contributed by atoms with Crippen LogP contribution in [0, 0.1) is 0 Å². The van der Waals surface area contributed by atoms with Crippen molar-refractivity contribution in [2.24, 2.45) is 0 Å². The predicted molar refractivity (Wildman–Crippen MR) is 80.8 cm³/mol. The molecule has 6 heteroatoms. The van der Waals surface area contributed by atoms with Gasteiger partial charge < -0.3 is 5.32 Å². The zero-order chi connectivity index (χ0) is 14.5. The Balaban J connectivity index is 1.67. The normalized spacial score (nSPS) is 10.3. The molecule has 0 aliphatic rings. The fraction of sp³-hybridized carbons (Fsp3) is 0.0667. The van der Waals surface area contributed by atoms with Crippen LogP contribution in [-0.2, 0) is 6.54 Å². The molecular weight excluding hydrogens is 284 g/mol. The molecule has 0 fully saturated rings. The van der Waals surface area contributed by atoms with E-state index < -0.39 is 0 Å². The van der Waals surface area contributed by atoms with E-state index in [0.29, 0.717) is 12.2 Å².